The highest BCUT2D eigenvalue weighted by atomic mass is 16.6. The maximum Gasteiger partial charge on any atom is 0.306 e. The highest BCUT2D eigenvalue weighted by molar-refractivity contribution is 5.71. The molecule has 0 saturated carbocycles. The number of unbranched alkanes of at least 4 members (excludes halogenated alkanes) is 23. The first-order valence-electron chi connectivity index (χ1n) is 29.4. The molecule has 0 aromatic heterocycles. The van der Waals surface area contributed by atoms with E-state index in [1.807, 2.05) is 0 Å². The highest BCUT2D eigenvalue weighted by Crippen LogP contribution is 2.15. The predicted molar refractivity (Wildman–Crippen MR) is 307 cm³/mol. The van der Waals surface area contributed by atoms with E-state index in [2.05, 4.69) is 130 Å². The van der Waals surface area contributed by atoms with Gasteiger partial charge in [0.25, 0.3) is 0 Å². The Labute approximate surface area is 438 Å². The fraction of sp³-hybridized carbons (Fsp3) is 0.677. The van der Waals surface area contributed by atoms with E-state index in [9.17, 15) is 14.4 Å². The first-order valence-corrected chi connectivity index (χ1v) is 29.4. The first-order chi connectivity index (χ1) is 35.0. The highest BCUT2D eigenvalue weighted by Gasteiger charge is 2.19. The van der Waals surface area contributed by atoms with Crippen molar-refractivity contribution in [3.63, 3.8) is 0 Å². The normalized spacial score (nSPS) is 12.9. The monoisotopic (exact) mass is 985 g/mol. The molecule has 71 heavy (non-hydrogen) atoms. The number of ether oxygens (including phenoxy) is 3. The molecule has 1 atom stereocenters. The van der Waals surface area contributed by atoms with Gasteiger partial charge in [-0.3, -0.25) is 14.4 Å². The molecular formula is C65H108O6. The van der Waals surface area contributed by atoms with Gasteiger partial charge in [-0.05, 0) is 122 Å². The molecule has 0 aliphatic carbocycles. The summed E-state index contributed by atoms with van der Waals surface area (Å²) in [4.78, 5) is 38.2. The van der Waals surface area contributed by atoms with Gasteiger partial charge in [-0.15, -0.1) is 0 Å². The van der Waals surface area contributed by atoms with Gasteiger partial charge in [0.2, 0.25) is 0 Å². The van der Waals surface area contributed by atoms with Crippen LogP contribution in [-0.2, 0) is 28.6 Å². The largest absolute Gasteiger partial charge is 0.462 e. The third kappa shape index (κ3) is 56.9. The van der Waals surface area contributed by atoms with E-state index >= 15 is 0 Å². The number of hydrogen-bond donors (Lipinski definition) is 0. The lowest BCUT2D eigenvalue weighted by Crippen LogP contribution is -2.30. The Morgan fingerprint density at radius 1 is 0.296 bits per heavy atom. The van der Waals surface area contributed by atoms with Crippen LogP contribution in [0.1, 0.15) is 265 Å². The molecule has 404 valence electrons. The SMILES string of the molecule is CC/C=C\C/C=C\C/C=C\C/C=C\CCCCCCCCCCC(=O)OCC(COC(=O)CCCCCCC/C=C\CCCCCC)OC(=O)CCCCCCCC/C=C\C/C=C\C/C=C\C/C=C\CC. The van der Waals surface area contributed by atoms with E-state index in [1.54, 1.807) is 0 Å². The molecule has 0 aliphatic heterocycles. The molecule has 6 heteroatoms. The van der Waals surface area contributed by atoms with E-state index in [-0.39, 0.29) is 31.1 Å². The van der Waals surface area contributed by atoms with Crippen LogP contribution in [0.4, 0.5) is 0 Å². The van der Waals surface area contributed by atoms with Gasteiger partial charge in [-0.25, -0.2) is 0 Å². The molecule has 0 heterocycles. The zero-order chi connectivity index (χ0) is 51.4. The van der Waals surface area contributed by atoms with Gasteiger partial charge in [0.15, 0.2) is 6.10 Å². The number of esters is 3. The second-order valence-electron chi connectivity index (χ2n) is 19.1. The average molecular weight is 986 g/mol. The molecule has 0 radical (unpaired) electrons. The first kappa shape index (κ1) is 67.1. The van der Waals surface area contributed by atoms with Crippen molar-refractivity contribution in [1.82, 2.24) is 0 Å². The Kier molecular flexibility index (Phi) is 55.4. The summed E-state index contributed by atoms with van der Waals surface area (Å²) in [5.41, 5.74) is 0. The van der Waals surface area contributed by atoms with Crippen LogP contribution in [-0.4, -0.2) is 37.2 Å². The van der Waals surface area contributed by atoms with Crippen LogP contribution < -0.4 is 0 Å². The zero-order valence-corrected chi connectivity index (χ0v) is 46.2. The van der Waals surface area contributed by atoms with Crippen LogP contribution in [0.25, 0.3) is 0 Å². The van der Waals surface area contributed by atoms with E-state index in [4.69, 9.17) is 14.2 Å². The zero-order valence-electron chi connectivity index (χ0n) is 46.2. The summed E-state index contributed by atoms with van der Waals surface area (Å²) in [6.07, 6.45) is 79.3. The molecule has 0 amide bonds. The van der Waals surface area contributed by atoms with Crippen LogP contribution in [0.5, 0.6) is 0 Å². The molecular weight excluding hydrogens is 877 g/mol. The minimum Gasteiger partial charge on any atom is -0.462 e. The Hall–Kier alpha value is -3.93. The molecule has 6 nitrogen and oxygen atoms in total. The maximum atomic E-state index is 12.9. The molecule has 0 spiro atoms. The molecule has 1 unspecified atom stereocenters. The fourth-order valence-electron chi connectivity index (χ4n) is 7.89. The Balaban J connectivity index is 4.42. The van der Waals surface area contributed by atoms with Crippen molar-refractivity contribution in [3.05, 3.63) is 109 Å². The summed E-state index contributed by atoms with van der Waals surface area (Å²) in [5.74, 6) is -0.920. The lowest BCUT2D eigenvalue weighted by Gasteiger charge is -2.18. The van der Waals surface area contributed by atoms with Crippen LogP contribution >= 0.6 is 0 Å². The molecule has 0 fully saturated rings. The van der Waals surface area contributed by atoms with Crippen molar-refractivity contribution in [2.75, 3.05) is 13.2 Å². The Morgan fingerprint density at radius 3 is 0.873 bits per heavy atom. The third-order valence-electron chi connectivity index (χ3n) is 12.2. The number of hydrogen-bond acceptors (Lipinski definition) is 6. The third-order valence-corrected chi connectivity index (χ3v) is 12.2. The van der Waals surface area contributed by atoms with Crippen molar-refractivity contribution in [2.45, 2.75) is 271 Å². The molecule has 0 aromatic carbocycles. The van der Waals surface area contributed by atoms with Crippen molar-refractivity contribution in [3.8, 4) is 0 Å². The van der Waals surface area contributed by atoms with Gasteiger partial charge in [0.1, 0.15) is 13.2 Å². The second-order valence-corrected chi connectivity index (χ2v) is 19.1. The lowest BCUT2D eigenvalue weighted by molar-refractivity contribution is -0.167. The van der Waals surface area contributed by atoms with Gasteiger partial charge < -0.3 is 14.2 Å². The molecule has 0 bridgehead atoms. The summed E-state index contributed by atoms with van der Waals surface area (Å²) in [7, 11) is 0. The number of rotatable bonds is 52. The molecule has 0 saturated heterocycles. The van der Waals surface area contributed by atoms with Crippen molar-refractivity contribution < 1.29 is 28.6 Å². The van der Waals surface area contributed by atoms with E-state index in [0.29, 0.717) is 19.3 Å². The standard InChI is InChI=1S/C65H108O6/c1-4-7-10-13-16-19-22-25-27-29-31-32-34-35-37-40-43-46-49-52-55-58-64(67)70-61-62(60-69-63(66)57-54-51-48-45-42-39-24-21-18-15-12-9-6-3)71-65(68)59-56-53-50-47-44-41-38-36-33-30-28-26-23-20-17-14-11-8-5-2/h7-8,10-11,16-17,19-21,24-28,31-33,36,62H,4-6,9,12-15,18,22-23,29-30,34-35,37-61H2,1-3H3/b10-7-,11-8-,19-16-,20-17-,24-21-,27-25-,28-26-,32-31-,36-33-. The summed E-state index contributed by atoms with van der Waals surface area (Å²) in [6.45, 7) is 6.38. The quantitative estimate of drug-likeness (QED) is 0.0261. The van der Waals surface area contributed by atoms with Crippen LogP contribution in [0, 0.1) is 0 Å². The smallest absolute Gasteiger partial charge is 0.306 e. The number of carbonyl (C=O) groups is 3. The van der Waals surface area contributed by atoms with E-state index < -0.39 is 6.10 Å². The lowest BCUT2D eigenvalue weighted by atomic mass is 10.1. The summed E-state index contributed by atoms with van der Waals surface area (Å²) in [5, 5.41) is 0. The Bertz CT molecular complexity index is 1460. The van der Waals surface area contributed by atoms with Crippen molar-refractivity contribution in [1.29, 1.82) is 0 Å². The molecule has 0 rings (SSSR count). The van der Waals surface area contributed by atoms with E-state index in [0.717, 1.165) is 135 Å². The van der Waals surface area contributed by atoms with Crippen LogP contribution in [0.3, 0.4) is 0 Å². The van der Waals surface area contributed by atoms with Gasteiger partial charge >= 0.3 is 17.9 Å². The number of allylic oxidation sites excluding steroid dienone is 18. The molecule has 0 aromatic rings. The summed E-state index contributed by atoms with van der Waals surface area (Å²) >= 11 is 0. The van der Waals surface area contributed by atoms with Crippen molar-refractivity contribution in [2.24, 2.45) is 0 Å². The van der Waals surface area contributed by atoms with E-state index in [1.165, 1.54) is 89.9 Å². The van der Waals surface area contributed by atoms with Crippen LogP contribution in [0.15, 0.2) is 109 Å². The summed E-state index contributed by atoms with van der Waals surface area (Å²) < 4.78 is 16.9. The average Bonchev–Trinajstić information content (AvgIpc) is 3.37. The minimum absolute atomic E-state index is 0.0919. The number of carbonyl (C=O) groups excluding carboxylic acids is 3. The molecule has 0 N–H and O–H groups in total. The summed E-state index contributed by atoms with van der Waals surface area (Å²) in [6, 6.07) is 0. The maximum absolute atomic E-state index is 12.9. The predicted octanol–water partition coefficient (Wildman–Crippen LogP) is 19.9. The minimum atomic E-state index is -0.795. The second kappa shape index (κ2) is 58.6. The van der Waals surface area contributed by atoms with Gasteiger partial charge in [-0.2, -0.15) is 0 Å². The van der Waals surface area contributed by atoms with Gasteiger partial charge in [0, 0.05) is 19.3 Å². The van der Waals surface area contributed by atoms with Gasteiger partial charge in [-0.1, -0.05) is 233 Å². The van der Waals surface area contributed by atoms with Crippen LogP contribution in [0.2, 0.25) is 0 Å². The molecule has 0 aliphatic rings. The Morgan fingerprint density at radius 2 is 0.549 bits per heavy atom. The van der Waals surface area contributed by atoms with Gasteiger partial charge in [0.05, 0.1) is 0 Å². The fourth-order valence-corrected chi connectivity index (χ4v) is 7.89. The topological polar surface area (TPSA) is 78.9 Å². The van der Waals surface area contributed by atoms with Crippen molar-refractivity contribution >= 4 is 17.9 Å².